The molecule has 2 N–H and O–H groups in total. The van der Waals surface area contributed by atoms with Crippen molar-refractivity contribution in [1.29, 1.82) is 0 Å². The Morgan fingerprint density at radius 2 is 2.39 bits per heavy atom. The number of aliphatic carboxylic acids is 1. The fraction of sp³-hybridized carbons (Fsp3) is 0.643. The number of morpholine rings is 1. The zero-order valence-corrected chi connectivity index (χ0v) is 14.1. The maximum atomic E-state index is 12.0. The van der Waals surface area contributed by atoms with Gasteiger partial charge in [-0.1, -0.05) is 0 Å². The highest BCUT2D eigenvalue weighted by Crippen LogP contribution is 2.14. The lowest BCUT2D eigenvalue weighted by atomic mass is 10.2. The molecule has 9 heteroatoms. The van der Waals surface area contributed by atoms with E-state index in [1.165, 1.54) is 11.3 Å². The van der Waals surface area contributed by atoms with E-state index in [-0.39, 0.29) is 25.1 Å². The molecule has 1 atom stereocenters. The minimum Gasteiger partial charge on any atom is -0.480 e. The third-order valence-corrected chi connectivity index (χ3v) is 4.25. The first-order valence-electron chi connectivity index (χ1n) is 7.38. The van der Waals surface area contributed by atoms with E-state index < -0.39 is 5.97 Å². The van der Waals surface area contributed by atoms with Crippen molar-refractivity contribution < 1.29 is 19.4 Å². The van der Waals surface area contributed by atoms with Crippen LogP contribution < -0.4 is 5.32 Å². The van der Waals surface area contributed by atoms with E-state index in [1.807, 2.05) is 17.2 Å². The number of aromatic nitrogens is 1. The summed E-state index contributed by atoms with van der Waals surface area (Å²) in [7, 11) is 1.74. The molecule has 0 aliphatic carbocycles. The van der Waals surface area contributed by atoms with Gasteiger partial charge in [0.2, 0.25) is 5.91 Å². The largest absolute Gasteiger partial charge is 0.480 e. The maximum Gasteiger partial charge on any atom is 0.317 e. The first kappa shape index (κ1) is 17.8. The summed E-state index contributed by atoms with van der Waals surface area (Å²) in [6.07, 6.45) is -0.0944. The van der Waals surface area contributed by atoms with Crippen LogP contribution in [0.15, 0.2) is 5.38 Å². The van der Waals surface area contributed by atoms with Crippen LogP contribution in [0.2, 0.25) is 0 Å². The Morgan fingerprint density at radius 1 is 1.61 bits per heavy atom. The molecule has 1 saturated heterocycles. The molecule has 1 amide bonds. The second-order valence-corrected chi connectivity index (χ2v) is 6.52. The molecule has 0 bridgehead atoms. The average molecular weight is 342 g/mol. The molecular formula is C14H22N4O4S. The Balaban J connectivity index is 1.76. The highest BCUT2D eigenvalue weighted by atomic mass is 32.1. The van der Waals surface area contributed by atoms with E-state index in [0.29, 0.717) is 31.4 Å². The molecule has 1 fully saturated rings. The van der Waals surface area contributed by atoms with E-state index in [1.54, 1.807) is 11.9 Å². The summed E-state index contributed by atoms with van der Waals surface area (Å²) < 4.78 is 5.65. The highest BCUT2D eigenvalue weighted by molar-refractivity contribution is 7.13. The Hall–Kier alpha value is -1.55. The van der Waals surface area contributed by atoms with E-state index in [0.717, 1.165) is 5.69 Å². The van der Waals surface area contributed by atoms with Crippen LogP contribution in [0.3, 0.4) is 0 Å². The summed E-state index contributed by atoms with van der Waals surface area (Å²) in [5.74, 6) is -0.961. The maximum absolute atomic E-state index is 12.0. The number of carboxylic acid groups (broad SMARTS) is 1. The average Bonchev–Trinajstić information content (AvgIpc) is 2.83. The van der Waals surface area contributed by atoms with E-state index in [2.05, 4.69) is 10.3 Å². The van der Waals surface area contributed by atoms with Gasteiger partial charge in [0, 0.05) is 25.0 Å². The van der Waals surface area contributed by atoms with Crippen molar-refractivity contribution >= 4 is 28.3 Å². The molecule has 2 heterocycles. The van der Waals surface area contributed by atoms with Gasteiger partial charge in [0.15, 0.2) is 5.13 Å². The van der Waals surface area contributed by atoms with Crippen LogP contribution in [0.1, 0.15) is 5.69 Å². The van der Waals surface area contributed by atoms with Gasteiger partial charge in [-0.2, -0.15) is 0 Å². The van der Waals surface area contributed by atoms with Crippen LogP contribution >= 0.6 is 11.3 Å². The van der Waals surface area contributed by atoms with Crippen LogP contribution in [-0.2, 0) is 14.3 Å². The molecule has 1 aromatic heterocycles. The minimum absolute atomic E-state index is 0.0241. The van der Waals surface area contributed by atoms with Crippen molar-refractivity contribution in [3.8, 4) is 0 Å². The van der Waals surface area contributed by atoms with Crippen LogP contribution in [0.25, 0.3) is 0 Å². The number of thiazole rings is 1. The summed E-state index contributed by atoms with van der Waals surface area (Å²) in [5.41, 5.74) is 0.887. The molecular weight excluding hydrogens is 320 g/mol. The molecule has 0 saturated carbocycles. The fourth-order valence-corrected chi connectivity index (χ4v) is 3.16. The number of ether oxygens (including phenoxy) is 1. The summed E-state index contributed by atoms with van der Waals surface area (Å²) in [6, 6.07) is 0. The van der Waals surface area contributed by atoms with Gasteiger partial charge in [0.25, 0.3) is 0 Å². The van der Waals surface area contributed by atoms with Gasteiger partial charge in [0.1, 0.15) is 0 Å². The van der Waals surface area contributed by atoms with Crippen LogP contribution in [0.4, 0.5) is 5.13 Å². The number of aryl methyl sites for hydroxylation is 1. The second-order valence-electron chi connectivity index (χ2n) is 5.66. The van der Waals surface area contributed by atoms with Gasteiger partial charge in [-0.05, 0) is 14.0 Å². The molecule has 128 valence electrons. The van der Waals surface area contributed by atoms with Gasteiger partial charge in [-0.15, -0.1) is 11.3 Å². The molecule has 2 rings (SSSR count). The van der Waals surface area contributed by atoms with Crippen molar-refractivity contribution in [3.63, 3.8) is 0 Å². The van der Waals surface area contributed by atoms with Gasteiger partial charge < -0.3 is 15.2 Å². The number of nitrogens with one attached hydrogen (secondary N) is 1. The number of anilines is 1. The molecule has 1 unspecified atom stereocenters. The van der Waals surface area contributed by atoms with Gasteiger partial charge in [-0.25, -0.2) is 4.98 Å². The molecule has 8 nitrogen and oxygen atoms in total. The lowest BCUT2D eigenvalue weighted by Crippen LogP contribution is -2.49. The van der Waals surface area contributed by atoms with Crippen molar-refractivity contribution in [1.82, 2.24) is 14.8 Å². The van der Waals surface area contributed by atoms with Crippen LogP contribution in [0, 0.1) is 6.92 Å². The molecule has 23 heavy (non-hydrogen) atoms. The Kier molecular flexibility index (Phi) is 6.46. The lowest BCUT2D eigenvalue weighted by molar-refractivity contribution is -0.138. The van der Waals surface area contributed by atoms with E-state index >= 15 is 0 Å². The lowest BCUT2D eigenvalue weighted by Gasteiger charge is -2.34. The summed E-state index contributed by atoms with van der Waals surface area (Å²) in [4.78, 5) is 30.7. The topological polar surface area (TPSA) is 95.0 Å². The second kappa shape index (κ2) is 8.34. The smallest absolute Gasteiger partial charge is 0.317 e. The molecule has 1 aliphatic rings. The number of carbonyl (C=O) groups is 2. The standard InChI is InChI=1S/C14H22N4O4S/c1-10-9-23-14(15-10)16-12(19)7-18-3-4-22-11(6-18)5-17(2)8-13(20)21/h9,11H,3-8H2,1-2H3,(H,20,21)(H,15,16,19). The van der Waals surface area contributed by atoms with E-state index in [4.69, 9.17) is 9.84 Å². The van der Waals surface area contributed by atoms with Crippen molar-refractivity contribution in [2.45, 2.75) is 13.0 Å². The van der Waals surface area contributed by atoms with Crippen LogP contribution in [-0.4, -0.2) is 84.2 Å². The summed E-state index contributed by atoms with van der Waals surface area (Å²) >= 11 is 1.41. The predicted molar refractivity (Wildman–Crippen MR) is 86.8 cm³/mol. The number of likely N-dealkylation sites (N-methyl/N-ethyl adjacent to an activating group) is 1. The number of nitrogens with zero attached hydrogens (tertiary/aromatic N) is 3. The summed E-state index contributed by atoms with van der Waals surface area (Å²) in [6.45, 7) is 4.49. The quantitative estimate of drug-likeness (QED) is 0.726. The van der Waals surface area contributed by atoms with Crippen LogP contribution in [0.5, 0.6) is 0 Å². The monoisotopic (exact) mass is 342 g/mol. The normalized spacial score (nSPS) is 19.0. The molecule has 1 aromatic rings. The third-order valence-electron chi connectivity index (χ3n) is 3.38. The first-order chi connectivity index (χ1) is 10.9. The SMILES string of the molecule is Cc1csc(NC(=O)CN2CCOC(CN(C)CC(=O)O)C2)n1. The molecule has 0 aromatic carbocycles. The zero-order chi connectivity index (χ0) is 16.8. The zero-order valence-electron chi connectivity index (χ0n) is 13.3. The molecule has 1 aliphatic heterocycles. The Bertz CT molecular complexity index is 551. The Morgan fingerprint density at radius 3 is 3.04 bits per heavy atom. The number of hydrogen-bond donors (Lipinski definition) is 2. The Labute approximate surface area is 139 Å². The number of hydrogen-bond acceptors (Lipinski definition) is 7. The van der Waals surface area contributed by atoms with E-state index in [9.17, 15) is 9.59 Å². The minimum atomic E-state index is -0.863. The number of carbonyl (C=O) groups excluding carboxylic acids is 1. The molecule has 0 radical (unpaired) electrons. The predicted octanol–water partition coefficient (Wildman–Crippen LogP) is 0.107. The summed E-state index contributed by atoms with van der Waals surface area (Å²) in [5, 5.41) is 14.1. The third kappa shape index (κ3) is 6.22. The van der Waals surface area contributed by atoms with Crippen molar-refractivity contribution in [2.24, 2.45) is 0 Å². The highest BCUT2D eigenvalue weighted by Gasteiger charge is 2.24. The number of rotatable bonds is 7. The van der Waals surface area contributed by atoms with Gasteiger partial charge in [-0.3, -0.25) is 19.4 Å². The van der Waals surface area contributed by atoms with Crippen molar-refractivity contribution in [3.05, 3.63) is 11.1 Å². The number of carboxylic acids is 1. The molecule has 0 spiro atoms. The fourth-order valence-electron chi connectivity index (χ4n) is 2.45. The first-order valence-corrected chi connectivity index (χ1v) is 8.26. The van der Waals surface area contributed by atoms with Gasteiger partial charge >= 0.3 is 5.97 Å². The van der Waals surface area contributed by atoms with Gasteiger partial charge in [0.05, 0.1) is 31.5 Å². The van der Waals surface area contributed by atoms with Crippen molar-refractivity contribution in [2.75, 3.05) is 51.7 Å². The number of amides is 1.